The monoisotopic (exact) mass is 1040 g/mol. The Morgan fingerprint density at radius 3 is 0.548 bits per heavy atom. The molecule has 0 aliphatic rings. The second-order valence-corrected chi connectivity index (χ2v) is 32.4. The fourth-order valence-electron chi connectivity index (χ4n) is 9.03. The van der Waals surface area contributed by atoms with Gasteiger partial charge in [-0.2, -0.15) is 21.9 Å². The van der Waals surface area contributed by atoms with Gasteiger partial charge in [0.25, 0.3) is 0 Å². The maximum absolute atomic E-state index is 2.97. The van der Waals surface area contributed by atoms with Crippen LogP contribution in [0.5, 0.6) is 0 Å². The molecule has 0 heterocycles. The zero-order chi connectivity index (χ0) is 44.7. The second kappa shape index (κ2) is 36.4. The van der Waals surface area contributed by atoms with Crippen molar-refractivity contribution >= 4 is 85.8 Å². The molecule has 9 heteroatoms. The Kier molecular flexibility index (Phi) is 39.1. The Morgan fingerprint density at radius 1 is 0.306 bits per heavy atom. The molecule has 4 aromatic carbocycles. The van der Waals surface area contributed by atoms with Crippen molar-refractivity contribution in [1.82, 2.24) is 0 Å². The van der Waals surface area contributed by atoms with Gasteiger partial charge >= 0.3 is 0 Å². The summed E-state index contributed by atoms with van der Waals surface area (Å²) < 4.78 is 0. The zero-order valence-electron chi connectivity index (χ0n) is 41.9. The molecule has 0 fully saturated rings. The zero-order valence-corrected chi connectivity index (χ0v) is 49.4. The van der Waals surface area contributed by atoms with E-state index in [0.29, 0.717) is 0 Å². The van der Waals surface area contributed by atoms with Crippen molar-refractivity contribution in [3.63, 3.8) is 0 Å². The molecule has 0 saturated carbocycles. The maximum Gasteiger partial charge on any atom is 0.108 e. The topological polar surface area (TPSA) is 0 Å². The minimum atomic E-state index is -1.22. The van der Waals surface area contributed by atoms with E-state index in [-0.39, 0.29) is 78.2 Å². The molecule has 0 nitrogen and oxygen atoms in total. The van der Waals surface area contributed by atoms with E-state index in [1.807, 2.05) is 0 Å². The van der Waals surface area contributed by atoms with Gasteiger partial charge in [0.05, 0.1) is 6.26 Å². The molecule has 0 N–H and O–H groups in total. The standard InChI is InChI=1S/C24H20B.2C14H32P2.CH4S.2Ni.H2S/c1-5-13-21(14-6-1)25(22-15-7-2-8-16-22,23-17-9-3-10-18-23)24-19-11-4-12-20-24;2*1-11(2)15(12(3)4)9-10-16(13(5)6)14(7)8;1-2;;;/h1-20H;2*11-14H,9-10H2,1-8H3;2H,1H3;;;1H2/q-1;;;;;;. The van der Waals surface area contributed by atoms with Gasteiger partial charge in [-0.1, -0.05) is 232 Å². The van der Waals surface area contributed by atoms with E-state index in [2.05, 4.69) is 245 Å². The molecule has 0 radical (unpaired) electrons. The van der Waals surface area contributed by atoms with Crippen LogP contribution in [0.4, 0.5) is 0 Å². The molecule has 0 atom stereocenters. The van der Waals surface area contributed by atoms with Gasteiger partial charge in [-0.3, -0.25) is 0 Å². The molecule has 0 saturated heterocycles. The summed E-state index contributed by atoms with van der Waals surface area (Å²) in [4.78, 5) is 0. The van der Waals surface area contributed by atoms with Crippen molar-refractivity contribution in [1.29, 1.82) is 0 Å². The van der Waals surface area contributed by atoms with Crippen molar-refractivity contribution in [3.05, 3.63) is 121 Å². The molecule has 0 spiro atoms. The Labute approximate surface area is 423 Å². The summed E-state index contributed by atoms with van der Waals surface area (Å²) in [5, 5.41) is 0. The molecule has 0 unspecified atom stereocenters. The molecule has 4 rings (SSSR count). The average Bonchev–Trinajstić information content (AvgIpc) is 3.20. The van der Waals surface area contributed by atoms with Crippen LogP contribution >= 0.6 is 31.7 Å². The van der Waals surface area contributed by atoms with Gasteiger partial charge in [0.15, 0.2) is 0 Å². The molecule has 358 valence electrons. The fraction of sp³-hybridized carbons (Fsp3) is 0.547. The molecule has 62 heavy (non-hydrogen) atoms. The number of rotatable bonds is 18. The SMILES string of the molecule is CC(C)P(CCP(C(C)C)C(C)C)C(C)C.CC(C)P(CCP(C(C)C)C(C)C)C(C)C.C[SH2+].[Ni].[Ni].[SH-].c1ccc([B-](c2ccccc2)(c2ccccc2)c2ccccc2)cc1. The first-order chi connectivity index (χ1) is 28.0. The van der Waals surface area contributed by atoms with Gasteiger partial charge in [0, 0.05) is 33.0 Å². The predicted octanol–water partition coefficient (Wildman–Crippen LogP) is 13.6. The van der Waals surface area contributed by atoms with E-state index < -0.39 is 6.15 Å². The van der Waals surface area contributed by atoms with Crippen molar-refractivity contribution in [2.45, 2.75) is 156 Å². The molecule has 0 aromatic heterocycles. The quantitative estimate of drug-likeness (QED) is 0.0315. The molecule has 0 aliphatic heterocycles. The third-order valence-corrected chi connectivity index (χ3v) is 26.0. The van der Waals surface area contributed by atoms with Crippen molar-refractivity contribution in [2.24, 2.45) is 0 Å². The van der Waals surface area contributed by atoms with Gasteiger partial charge in [0.2, 0.25) is 0 Å². The third kappa shape index (κ3) is 22.0. The van der Waals surface area contributed by atoms with Crippen LogP contribution in [-0.2, 0) is 59.1 Å². The van der Waals surface area contributed by atoms with E-state index in [9.17, 15) is 0 Å². The summed E-state index contributed by atoms with van der Waals surface area (Å²) in [7, 11) is 1.02. The predicted molar refractivity (Wildman–Crippen MR) is 303 cm³/mol. The Hall–Kier alpha value is 0.352. The first kappa shape index (κ1) is 66.6. The summed E-state index contributed by atoms with van der Waals surface area (Å²) in [6.45, 7) is 38.6. The van der Waals surface area contributed by atoms with Gasteiger partial charge in [-0.15, -0.1) is 31.7 Å². The largest absolute Gasteiger partial charge is 0.813 e. The molecule has 0 bridgehead atoms. The Morgan fingerprint density at radius 2 is 0.435 bits per heavy atom. The van der Waals surface area contributed by atoms with Gasteiger partial charge in [-0.05, 0) is 82.5 Å². The number of hydrogen-bond donors (Lipinski definition) is 0. The van der Waals surface area contributed by atoms with Crippen LogP contribution in [0.1, 0.15) is 111 Å². The smallest absolute Gasteiger partial charge is 0.108 e. The van der Waals surface area contributed by atoms with E-state index in [1.54, 1.807) is 6.26 Å². The first-order valence-corrected chi connectivity index (χ1v) is 30.5. The minimum absolute atomic E-state index is 0. The summed E-state index contributed by atoms with van der Waals surface area (Å²) in [6.07, 6.45) is 6.62. The number of thiol groups is 1. The number of hydrogen-bond acceptors (Lipinski definition) is 1. The molecular formula is C53H90BNi2P4S2-. The van der Waals surface area contributed by atoms with Gasteiger partial charge in [-0.25, -0.2) is 0 Å². The minimum Gasteiger partial charge on any atom is -0.813 e. The van der Waals surface area contributed by atoms with Gasteiger partial charge in [0.1, 0.15) is 6.15 Å². The molecule has 0 amide bonds. The van der Waals surface area contributed by atoms with Crippen LogP contribution in [0.25, 0.3) is 0 Å². The Balaban J connectivity index is -0.000000841. The Bertz CT molecular complexity index is 1320. The molecule has 0 aliphatic carbocycles. The molecular weight excluding hydrogens is 953 g/mol. The normalized spacial score (nSPS) is 11.4. The van der Waals surface area contributed by atoms with Crippen molar-refractivity contribution in [2.75, 3.05) is 30.9 Å². The van der Waals surface area contributed by atoms with Crippen molar-refractivity contribution < 1.29 is 33.0 Å². The number of benzene rings is 4. The average molecular weight is 1040 g/mol. The van der Waals surface area contributed by atoms with Crippen LogP contribution < -0.4 is 21.9 Å². The van der Waals surface area contributed by atoms with Gasteiger partial charge < -0.3 is 13.5 Å². The van der Waals surface area contributed by atoms with Crippen LogP contribution in [0, 0.1) is 0 Å². The summed E-state index contributed by atoms with van der Waals surface area (Å²) in [5.41, 5.74) is 12.6. The van der Waals surface area contributed by atoms with E-state index >= 15 is 0 Å². The fourth-order valence-corrected chi connectivity index (χ4v) is 21.6. The van der Waals surface area contributed by atoms with E-state index in [0.717, 1.165) is 45.3 Å². The first-order valence-electron chi connectivity index (χ1n) is 22.9. The third-order valence-electron chi connectivity index (χ3n) is 11.7. The summed E-state index contributed by atoms with van der Waals surface area (Å²) >= 11 is 2.97. The van der Waals surface area contributed by atoms with E-state index in [1.165, 1.54) is 46.5 Å². The summed E-state index contributed by atoms with van der Waals surface area (Å²) in [5.74, 6) is 0. The van der Waals surface area contributed by atoms with Crippen molar-refractivity contribution in [3.8, 4) is 0 Å². The second-order valence-electron chi connectivity index (χ2n) is 18.2. The summed E-state index contributed by atoms with van der Waals surface area (Å²) in [6, 6.07) is 43.5. The maximum atomic E-state index is 2.97. The van der Waals surface area contributed by atoms with Crippen LogP contribution in [-0.4, -0.2) is 82.3 Å². The van der Waals surface area contributed by atoms with Crippen LogP contribution in [0.3, 0.4) is 0 Å². The molecule has 4 aromatic rings. The van der Waals surface area contributed by atoms with E-state index in [4.69, 9.17) is 0 Å². The van der Waals surface area contributed by atoms with Crippen LogP contribution in [0.15, 0.2) is 121 Å². The van der Waals surface area contributed by atoms with Crippen LogP contribution in [0.2, 0.25) is 0 Å².